The summed E-state index contributed by atoms with van der Waals surface area (Å²) in [5, 5.41) is 5.88. The highest BCUT2D eigenvalue weighted by Crippen LogP contribution is 2.13. The predicted octanol–water partition coefficient (Wildman–Crippen LogP) is 2.21. The minimum atomic E-state index is -0.585. The first kappa shape index (κ1) is 24.5. The third kappa shape index (κ3) is 6.89. The van der Waals surface area contributed by atoms with Crippen molar-refractivity contribution in [2.75, 3.05) is 32.7 Å². The second kappa shape index (κ2) is 11.6. The van der Waals surface area contributed by atoms with Crippen LogP contribution in [0.3, 0.4) is 0 Å². The SMILES string of the molecule is Cc1ccccc1C(=O)N[C@H](C(=O)N1CCN(CC(=O)NCc2ccccc2)CC1)C(C)C. The van der Waals surface area contributed by atoms with E-state index < -0.39 is 6.04 Å². The van der Waals surface area contributed by atoms with Crippen LogP contribution in [0.15, 0.2) is 54.6 Å². The first-order valence-corrected chi connectivity index (χ1v) is 11.5. The largest absolute Gasteiger partial charge is 0.351 e. The van der Waals surface area contributed by atoms with Crippen LogP contribution in [0.2, 0.25) is 0 Å². The van der Waals surface area contributed by atoms with E-state index in [0.717, 1.165) is 11.1 Å². The monoisotopic (exact) mass is 450 g/mol. The number of nitrogens with zero attached hydrogens (tertiary/aromatic N) is 2. The molecule has 0 saturated carbocycles. The van der Waals surface area contributed by atoms with E-state index in [9.17, 15) is 14.4 Å². The van der Waals surface area contributed by atoms with Crippen molar-refractivity contribution < 1.29 is 14.4 Å². The molecule has 3 amide bonds. The van der Waals surface area contributed by atoms with Crippen LogP contribution >= 0.6 is 0 Å². The summed E-state index contributed by atoms with van der Waals surface area (Å²) in [4.78, 5) is 42.1. The zero-order valence-electron chi connectivity index (χ0n) is 19.7. The Kier molecular flexibility index (Phi) is 8.60. The Hall–Kier alpha value is -3.19. The van der Waals surface area contributed by atoms with E-state index in [4.69, 9.17) is 0 Å². The van der Waals surface area contributed by atoms with Crippen LogP contribution in [0, 0.1) is 12.8 Å². The molecule has 1 saturated heterocycles. The van der Waals surface area contributed by atoms with Crippen molar-refractivity contribution in [2.24, 2.45) is 5.92 Å². The third-order valence-electron chi connectivity index (χ3n) is 5.99. The van der Waals surface area contributed by atoms with Crippen LogP contribution in [0.5, 0.6) is 0 Å². The topological polar surface area (TPSA) is 81.8 Å². The number of hydrogen-bond donors (Lipinski definition) is 2. The maximum absolute atomic E-state index is 13.2. The number of piperazine rings is 1. The number of benzene rings is 2. The van der Waals surface area contributed by atoms with Crippen LogP contribution in [-0.2, 0) is 16.1 Å². The van der Waals surface area contributed by atoms with Gasteiger partial charge < -0.3 is 15.5 Å². The lowest BCUT2D eigenvalue weighted by Crippen LogP contribution is -2.57. The molecule has 7 heteroatoms. The Morgan fingerprint density at radius 2 is 1.55 bits per heavy atom. The predicted molar refractivity (Wildman–Crippen MR) is 129 cm³/mol. The first-order chi connectivity index (χ1) is 15.8. The minimum Gasteiger partial charge on any atom is -0.351 e. The highest BCUT2D eigenvalue weighted by molar-refractivity contribution is 5.98. The zero-order valence-corrected chi connectivity index (χ0v) is 19.7. The lowest BCUT2D eigenvalue weighted by molar-refractivity contribution is -0.136. The lowest BCUT2D eigenvalue weighted by Gasteiger charge is -2.37. The van der Waals surface area contributed by atoms with Gasteiger partial charge in [0.2, 0.25) is 11.8 Å². The second-order valence-electron chi connectivity index (χ2n) is 8.87. The number of amides is 3. The number of carbonyl (C=O) groups is 3. The average Bonchev–Trinajstić information content (AvgIpc) is 2.82. The molecule has 0 unspecified atom stereocenters. The van der Waals surface area contributed by atoms with Gasteiger partial charge in [-0.1, -0.05) is 62.4 Å². The van der Waals surface area contributed by atoms with Gasteiger partial charge in [0, 0.05) is 38.3 Å². The van der Waals surface area contributed by atoms with Crippen molar-refractivity contribution in [2.45, 2.75) is 33.4 Å². The van der Waals surface area contributed by atoms with Crippen molar-refractivity contribution in [3.63, 3.8) is 0 Å². The van der Waals surface area contributed by atoms with Gasteiger partial charge in [-0.05, 0) is 30.0 Å². The summed E-state index contributed by atoms with van der Waals surface area (Å²) in [6.45, 7) is 8.91. The molecule has 0 radical (unpaired) electrons. The van der Waals surface area contributed by atoms with Gasteiger partial charge in [-0.15, -0.1) is 0 Å². The van der Waals surface area contributed by atoms with Gasteiger partial charge in [-0.2, -0.15) is 0 Å². The lowest BCUT2D eigenvalue weighted by atomic mass is 10.0. The van der Waals surface area contributed by atoms with Crippen LogP contribution in [0.4, 0.5) is 0 Å². The van der Waals surface area contributed by atoms with Gasteiger partial charge in [-0.25, -0.2) is 0 Å². The Balaban J connectivity index is 1.48. The first-order valence-electron chi connectivity index (χ1n) is 11.5. The summed E-state index contributed by atoms with van der Waals surface area (Å²) in [5.74, 6) is -0.356. The fourth-order valence-electron chi connectivity index (χ4n) is 3.94. The number of aryl methyl sites for hydroxylation is 1. The van der Waals surface area contributed by atoms with Gasteiger partial charge in [0.1, 0.15) is 6.04 Å². The quantitative estimate of drug-likeness (QED) is 0.646. The fourth-order valence-corrected chi connectivity index (χ4v) is 3.94. The van der Waals surface area contributed by atoms with Gasteiger partial charge in [0.15, 0.2) is 0 Å². The molecule has 2 aromatic carbocycles. The molecule has 0 spiro atoms. The van der Waals surface area contributed by atoms with E-state index in [1.54, 1.807) is 11.0 Å². The Labute approximate surface area is 196 Å². The summed E-state index contributed by atoms with van der Waals surface area (Å²) < 4.78 is 0. The van der Waals surface area contributed by atoms with E-state index in [-0.39, 0.29) is 23.6 Å². The Bertz CT molecular complexity index is 953. The molecule has 2 aromatic rings. The highest BCUT2D eigenvalue weighted by Gasteiger charge is 2.31. The third-order valence-corrected chi connectivity index (χ3v) is 5.99. The number of carbonyl (C=O) groups excluding carboxylic acids is 3. The molecule has 0 bridgehead atoms. The Morgan fingerprint density at radius 3 is 2.18 bits per heavy atom. The summed E-state index contributed by atoms with van der Waals surface area (Å²) in [5.41, 5.74) is 2.53. The standard InChI is InChI=1S/C26H34N4O3/c1-19(2)24(28-25(32)22-12-8-7-9-20(22)3)26(33)30-15-13-29(14-16-30)18-23(31)27-17-21-10-5-4-6-11-21/h4-12,19,24H,13-18H2,1-3H3,(H,27,31)(H,28,32)/t24-/m0/s1. The summed E-state index contributed by atoms with van der Waals surface area (Å²) in [7, 11) is 0. The van der Waals surface area contributed by atoms with Crippen LogP contribution in [-0.4, -0.2) is 66.3 Å². The second-order valence-corrected chi connectivity index (χ2v) is 8.87. The molecule has 1 aliphatic rings. The summed E-state index contributed by atoms with van der Waals surface area (Å²) in [6, 6.07) is 16.6. The van der Waals surface area contributed by atoms with E-state index in [1.165, 1.54) is 0 Å². The molecule has 1 fully saturated rings. The number of hydrogen-bond acceptors (Lipinski definition) is 4. The van der Waals surface area contributed by atoms with Gasteiger partial charge >= 0.3 is 0 Å². The molecule has 176 valence electrons. The Morgan fingerprint density at radius 1 is 0.909 bits per heavy atom. The maximum Gasteiger partial charge on any atom is 0.252 e. The van der Waals surface area contributed by atoms with E-state index in [1.807, 2.05) is 69.3 Å². The summed E-state index contributed by atoms with van der Waals surface area (Å²) >= 11 is 0. The smallest absolute Gasteiger partial charge is 0.252 e. The van der Waals surface area contributed by atoms with Crippen molar-refractivity contribution in [1.29, 1.82) is 0 Å². The van der Waals surface area contributed by atoms with Crippen molar-refractivity contribution in [1.82, 2.24) is 20.4 Å². The van der Waals surface area contributed by atoms with Gasteiger partial charge in [0.25, 0.3) is 5.91 Å². The molecule has 7 nitrogen and oxygen atoms in total. The molecular formula is C26H34N4O3. The molecular weight excluding hydrogens is 416 g/mol. The molecule has 2 N–H and O–H groups in total. The normalized spacial score (nSPS) is 15.2. The van der Waals surface area contributed by atoms with Crippen molar-refractivity contribution in [3.05, 3.63) is 71.3 Å². The van der Waals surface area contributed by atoms with E-state index >= 15 is 0 Å². The number of nitrogens with one attached hydrogen (secondary N) is 2. The summed E-state index contributed by atoms with van der Waals surface area (Å²) in [6.07, 6.45) is 0. The van der Waals surface area contributed by atoms with Gasteiger partial charge in [0.05, 0.1) is 6.54 Å². The molecule has 0 aromatic heterocycles. The molecule has 1 aliphatic heterocycles. The molecule has 0 aliphatic carbocycles. The van der Waals surface area contributed by atoms with E-state index in [0.29, 0.717) is 44.8 Å². The molecule has 1 heterocycles. The van der Waals surface area contributed by atoms with Gasteiger partial charge in [-0.3, -0.25) is 19.3 Å². The van der Waals surface area contributed by atoms with E-state index in [2.05, 4.69) is 15.5 Å². The highest BCUT2D eigenvalue weighted by atomic mass is 16.2. The minimum absolute atomic E-state index is 0.0239. The van der Waals surface area contributed by atoms with Crippen molar-refractivity contribution >= 4 is 17.7 Å². The number of rotatable bonds is 8. The fraction of sp³-hybridized carbons (Fsp3) is 0.423. The van der Waals surface area contributed by atoms with Crippen LogP contribution in [0.25, 0.3) is 0 Å². The average molecular weight is 451 g/mol. The van der Waals surface area contributed by atoms with Crippen molar-refractivity contribution in [3.8, 4) is 0 Å². The molecule has 1 atom stereocenters. The molecule has 33 heavy (non-hydrogen) atoms. The van der Waals surface area contributed by atoms with Crippen LogP contribution < -0.4 is 10.6 Å². The zero-order chi connectivity index (χ0) is 23.8. The maximum atomic E-state index is 13.2. The molecule has 3 rings (SSSR count). The van der Waals surface area contributed by atoms with Crippen LogP contribution in [0.1, 0.15) is 35.3 Å².